The van der Waals surface area contributed by atoms with Crippen LogP contribution in [-0.2, 0) is 4.79 Å². The fourth-order valence-corrected chi connectivity index (χ4v) is 3.09. The number of ketones is 3. The molecule has 1 aromatic carbocycles. The Morgan fingerprint density at radius 1 is 1.05 bits per heavy atom. The van der Waals surface area contributed by atoms with E-state index in [2.05, 4.69) is 0 Å². The molecule has 0 spiro atoms. The first-order valence-electron chi connectivity index (χ1n) is 7.11. The summed E-state index contributed by atoms with van der Waals surface area (Å²) in [5.41, 5.74) is 2.00. The summed E-state index contributed by atoms with van der Waals surface area (Å²) in [6.45, 7) is 3.42. The fraction of sp³-hybridized carbons (Fsp3) is 0.278. The second-order valence-electron chi connectivity index (χ2n) is 5.69. The van der Waals surface area contributed by atoms with Gasteiger partial charge in [0.2, 0.25) is 0 Å². The Morgan fingerprint density at radius 3 is 2.29 bits per heavy atom. The number of hydrogen-bond donors (Lipinski definition) is 0. The van der Waals surface area contributed by atoms with E-state index in [1.54, 1.807) is 24.3 Å². The van der Waals surface area contributed by atoms with E-state index in [4.69, 9.17) is 0 Å². The number of carbonyl (C=O) groups is 3. The third kappa shape index (κ3) is 2.09. The maximum Gasteiger partial charge on any atom is 0.190 e. The Kier molecular flexibility index (Phi) is 3.20. The third-order valence-corrected chi connectivity index (χ3v) is 4.29. The van der Waals surface area contributed by atoms with Gasteiger partial charge in [-0.15, -0.1) is 0 Å². The molecule has 0 aromatic heterocycles. The SMILES string of the molecule is CC(=O)C1C=CC(C)C2=C(C1)C(=O)c1ccccc1C2=O. The topological polar surface area (TPSA) is 51.2 Å². The van der Waals surface area contributed by atoms with Gasteiger partial charge in [0.15, 0.2) is 11.6 Å². The molecule has 0 saturated carbocycles. The first-order chi connectivity index (χ1) is 10.0. The number of benzene rings is 1. The zero-order valence-electron chi connectivity index (χ0n) is 12.1. The van der Waals surface area contributed by atoms with Crippen LogP contribution < -0.4 is 0 Å². The molecule has 2 aliphatic rings. The molecule has 1 aromatic rings. The third-order valence-electron chi connectivity index (χ3n) is 4.29. The van der Waals surface area contributed by atoms with E-state index in [9.17, 15) is 14.4 Å². The summed E-state index contributed by atoms with van der Waals surface area (Å²) in [4.78, 5) is 37.1. The molecule has 0 amide bonds. The van der Waals surface area contributed by atoms with E-state index < -0.39 is 0 Å². The molecule has 0 radical (unpaired) electrons. The number of allylic oxidation sites excluding steroid dienone is 4. The van der Waals surface area contributed by atoms with E-state index >= 15 is 0 Å². The Labute approximate surface area is 123 Å². The number of carbonyl (C=O) groups excluding carboxylic acids is 3. The first kappa shape index (κ1) is 13.7. The van der Waals surface area contributed by atoms with Crippen LogP contribution >= 0.6 is 0 Å². The Balaban J connectivity index is 2.17. The van der Waals surface area contributed by atoms with Gasteiger partial charge in [0.05, 0.1) is 0 Å². The largest absolute Gasteiger partial charge is 0.299 e. The average Bonchev–Trinajstić information content (AvgIpc) is 2.64. The molecule has 2 unspecified atom stereocenters. The quantitative estimate of drug-likeness (QED) is 0.742. The summed E-state index contributed by atoms with van der Waals surface area (Å²) >= 11 is 0. The van der Waals surface area contributed by atoms with Crippen LogP contribution in [0.2, 0.25) is 0 Å². The maximum atomic E-state index is 12.7. The molecular formula is C18H16O3. The lowest BCUT2D eigenvalue weighted by molar-refractivity contribution is -0.119. The monoisotopic (exact) mass is 280 g/mol. The van der Waals surface area contributed by atoms with Crippen LogP contribution in [0.3, 0.4) is 0 Å². The van der Waals surface area contributed by atoms with Crippen LogP contribution in [0.4, 0.5) is 0 Å². The van der Waals surface area contributed by atoms with Crippen LogP contribution in [0, 0.1) is 11.8 Å². The highest BCUT2D eigenvalue weighted by Gasteiger charge is 2.36. The van der Waals surface area contributed by atoms with E-state index in [0.717, 1.165) is 0 Å². The van der Waals surface area contributed by atoms with Crippen molar-refractivity contribution in [2.75, 3.05) is 0 Å². The van der Waals surface area contributed by atoms with Crippen molar-refractivity contribution < 1.29 is 14.4 Å². The minimum atomic E-state index is -0.318. The summed E-state index contributed by atoms with van der Waals surface area (Å²) in [5, 5.41) is 0. The molecule has 106 valence electrons. The van der Waals surface area contributed by atoms with E-state index in [1.807, 2.05) is 19.1 Å². The average molecular weight is 280 g/mol. The van der Waals surface area contributed by atoms with Crippen molar-refractivity contribution in [3.8, 4) is 0 Å². The maximum absolute atomic E-state index is 12.7. The van der Waals surface area contributed by atoms with Gasteiger partial charge >= 0.3 is 0 Å². The molecule has 0 bridgehead atoms. The standard InChI is InChI=1S/C18H16O3/c1-10-7-8-12(11(2)19)9-15-16(10)18(21)14-6-4-3-5-13(14)17(15)20/h3-8,10,12H,9H2,1-2H3. The van der Waals surface area contributed by atoms with Crippen molar-refractivity contribution in [2.24, 2.45) is 11.8 Å². The molecule has 2 aliphatic carbocycles. The van der Waals surface area contributed by atoms with Gasteiger partial charge in [-0.25, -0.2) is 0 Å². The van der Waals surface area contributed by atoms with E-state index in [1.165, 1.54) is 6.92 Å². The highest BCUT2D eigenvalue weighted by Crippen LogP contribution is 2.36. The lowest BCUT2D eigenvalue weighted by Crippen LogP contribution is -2.25. The van der Waals surface area contributed by atoms with Crippen LogP contribution in [0.5, 0.6) is 0 Å². The van der Waals surface area contributed by atoms with Gasteiger partial charge in [0.1, 0.15) is 5.78 Å². The molecule has 3 nitrogen and oxygen atoms in total. The molecule has 0 aliphatic heterocycles. The molecule has 21 heavy (non-hydrogen) atoms. The van der Waals surface area contributed by atoms with Gasteiger partial charge in [-0.3, -0.25) is 14.4 Å². The van der Waals surface area contributed by atoms with Crippen LogP contribution in [-0.4, -0.2) is 17.3 Å². The molecule has 0 fully saturated rings. The van der Waals surface area contributed by atoms with Crippen LogP contribution in [0.25, 0.3) is 0 Å². The van der Waals surface area contributed by atoms with Gasteiger partial charge < -0.3 is 0 Å². The smallest absolute Gasteiger partial charge is 0.190 e. The van der Waals surface area contributed by atoms with Gasteiger partial charge in [-0.05, 0) is 13.3 Å². The van der Waals surface area contributed by atoms with Crippen LogP contribution in [0.15, 0.2) is 47.6 Å². The molecule has 2 atom stereocenters. The van der Waals surface area contributed by atoms with Gasteiger partial charge in [0.25, 0.3) is 0 Å². The highest BCUT2D eigenvalue weighted by molar-refractivity contribution is 6.27. The first-order valence-corrected chi connectivity index (χ1v) is 7.11. The Bertz CT molecular complexity index is 722. The minimum absolute atomic E-state index is 0.0197. The van der Waals surface area contributed by atoms with Gasteiger partial charge in [-0.1, -0.05) is 43.3 Å². The lowest BCUT2D eigenvalue weighted by Gasteiger charge is -2.23. The van der Waals surface area contributed by atoms with E-state index in [0.29, 0.717) is 28.7 Å². The second-order valence-corrected chi connectivity index (χ2v) is 5.69. The second kappa shape index (κ2) is 4.92. The molecule has 0 N–H and O–H groups in total. The summed E-state index contributed by atoms with van der Waals surface area (Å²) in [6.07, 6.45) is 4.02. The van der Waals surface area contributed by atoms with Crippen molar-refractivity contribution in [1.29, 1.82) is 0 Å². The summed E-state index contributed by atoms with van der Waals surface area (Å²) < 4.78 is 0. The number of hydrogen-bond acceptors (Lipinski definition) is 3. The lowest BCUT2D eigenvalue weighted by atomic mass is 9.78. The van der Waals surface area contributed by atoms with Crippen molar-refractivity contribution >= 4 is 17.3 Å². The predicted octanol–water partition coefficient (Wildman–Crippen LogP) is 3.16. The van der Waals surface area contributed by atoms with Crippen molar-refractivity contribution in [3.63, 3.8) is 0 Å². The predicted molar refractivity (Wildman–Crippen MR) is 79.2 cm³/mol. The highest BCUT2D eigenvalue weighted by atomic mass is 16.1. The molecule has 0 saturated heterocycles. The Morgan fingerprint density at radius 2 is 1.67 bits per heavy atom. The zero-order valence-corrected chi connectivity index (χ0v) is 12.1. The molecule has 3 rings (SSSR count). The van der Waals surface area contributed by atoms with Gasteiger partial charge in [-0.2, -0.15) is 0 Å². The van der Waals surface area contributed by atoms with E-state index in [-0.39, 0.29) is 29.2 Å². The number of Topliss-reactive ketones (excluding diaryl/α,β-unsaturated/α-hetero) is 3. The summed E-state index contributed by atoms with van der Waals surface area (Å²) in [5.74, 6) is -0.633. The molecule has 3 heteroatoms. The van der Waals surface area contributed by atoms with Crippen molar-refractivity contribution in [3.05, 3.63) is 58.7 Å². The number of fused-ring (bicyclic) bond motifs is 1. The number of rotatable bonds is 1. The summed E-state index contributed by atoms with van der Waals surface area (Å²) in [7, 11) is 0. The van der Waals surface area contributed by atoms with Crippen molar-refractivity contribution in [1.82, 2.24) is 0 Å². The normalized spacial score (nSPS) is 24.5. The molecular weight excluding hydrogens is 264 g/mol. The van der Waals surface area contributed by atoms with Gasteiger partial charge in [0, 0.05) is 34.1 Å². The van der Waals surface area contributed by atoms with Crippen LogP contribution in [0.1, 0.15) is 41.0 Å². The fourth-order valence-electron chi connectivity index (χ4n) is 3.09. The zero-order chi connectivity index (χ0) is 15.1. The summed E-state index contributed by atoms with van der Waals surface area (Å²) in [6, 6.07) is 6.91. The molecule has 0 heterocycles. The Hall–Kier alpha value is -2.29. The van der Waals surface area contributed by atoms with Crippen molar-refractivity contribution in [2.45, 2.75) is 20.3 Å². The minimum Gasteiger partial charge on any atom is -0.299 e.